The molecule has 0 aromatic heterocycles. The van der Waals surface area contributed by atoms with Gasteiger partial charge in [-0.2, -0.15) is 0 Å². The Balaban J connectivity index is 0.00000200. The number of hydrogen-bond donors (Lipinski definition) is 1. The van der Waals surface area contributed by atoms with Gasteiger partial charge in [-0.1, -0.05) is 11.6 Å². The van der Waals surface area contributed by atoms with E-state index in [1.807, 2.05) is 0 Å². The van der Waals surface area contributed by atoms with Crippen molar-refractivity contribution < 1.29 is 4.92 Å². The van der Waals surface area contributed by atoms with E-state index in [0.29, 0.717) is 17.5 Å². The molecule has 0 spiro atoms. The van der Waals surface area contributed by atoms with Crippen molar-refractivity contribution >= 4 is 29.7 Å². The standard InChI is InChI=1S/C13H18ClN3O2.ClH/c14-13-6-12(17(18)19)4-3-11(13)9-16-5-1-2-10(7-15)8-16;/h3-4,6,10H,1-2,5,7-9,15H2;1H. The van der Waals surface area contributed by atoms with Crippen LogP contribution >= 0.6 is 24.0 Å². The van der Waals surface area contributed by atoms with Gasteiger partial charge >= 0.3 is 0 Å². The van der Waals surface area contributed by atoms with E-state index in [2.05, 4.69) is 4.90 Å². The highest BCUT2D eigenvalue weighted by atomic mass is 35.5. The Morgan fingerprint density at radius 1 is 1.50 bits per heavy atom. The van der Waals surface area contributed by atoms with Crippen molar-refractivity contribution in [2.45, 2.75) is 19.4 Å². The van der Waals surface area contributed by atoms with E-state index >= 15 is 0 Å². The molecule has 112 valence electrons. The second-order valence-electron chi connectivity index (χ2n) is 5.01. The molecule has 0 aliphatic carbocycles. The third kappa shape index (κ3) is 4.31. The first-order valence-electron chi connectivity index (χ1n) is 6.45. The van der Waals surface area contributed by atoms with Crippen molar-refractivity contribution in [1.29, 1.82) is 0 Å². The number of rotatable bonds is 4. The predicted molar refractivity (Wildman–Crippen MR) is 82.4 cm³/mol. The van der Waals surface area contributed by atoms with E-state index in [1.54, 1.807) is 6.07 Å². The Hall–Kier alpha value is -0.880. The summed E-state index contributed by atoms with van der Waals surface area (Å²) in [5, 5.41) is 11.1. The number of nitro benzene ring substituents is 1. The molecule has 1 aliphatic rings. The fourth-order valence-corrected chi connectivity index (χ4v) is 2.74. The van der Waals surface area contributed by atoms with Gasteiger partial charge in [0.25, 0.3) is 5.69 Å². The summed E-state index contributed by atoms with van der Waals surface area (Å²) in [4.78, 5) is 12.5. The van der Waals surface area contributed by atoms with Crippen LogP contribution in [-0.4, -0.2) is 29.5 Å². The maximum absolute atomic E-state index is 10.7. The van der Waals surface area contributed by atoms with Gasteiger partial charge in [0, 0.05) is 25.2 Å². The summed E-state index contributed by atoms with van der Waals surface area (Å²) in [7, 11) is 0. The van der Waals surface area contributed by atoms with Gasteiger partial charge < -0.3 is 5.73 Å². The maximum atomic E-state index is 10.7. The highest BCUT2D eigenvalue weighted by Crippen LogP contribution is 2.25. The summed E-state index contributed by atoms with van der Waals surface area (Å²) in [5.41, 5.74) is 6.68. The molecule has 1 aromatic rings. The minimum absolute atomic E-state index is 0. The lowest BCUT2D eigenvalue weighted by molar-refractivity contribution is -0.384. The van der Waals surface area contributed by atoms with E-state index in [9.17, 15) is 10.1 Å². The lowest BCUT2D eigenvalue weighted by Gasteiger charge is -2.32. The minimum Gasteiger partial charge on any atom is -0.330 e. The number of halogens is 2. The molecule has 1 saturated heterocycles. The number of likely N-dealkylation sites (tertiary alicyclic amines) is 1. The van der Waals surface area contributed by atoms with Crippen molar-refractivity contribution in [2.24, 2.45) is 11.7 Å². The van der Waals surface area contributed by atoms with Crippen LogP contribution < -0.4 is 5.73 Å². The number of hydrogen-bond acceptors (Lipinski definition) is 4. The van der Waals surface area contributed by atoms with Crippen LogP contribution in [0.15, 0.2) is 18.2 Å². The van der Waals surface area contributed by atoms with Gasteiger partial charge in [0.05, 0.1) is 9.95 Å². The van der Waals surface area contributed by atoms with Crippen molar-refractivity contribution in [1.82, 2.24) is 4.90 Å². The van der Waals surface area contributed by atoms with Crippen LogP contribution in [0.1, 0.15) is 18.4 Å². The smallest absolute Gasteiger partial charge is 0.270 e. The Morgan fingerprint density at radius 3 is 2.85 bits per heavy atom. The molecule has 2 rings (SSSR count). The topological polar surface area (TPSA) is 72.4 Å². The third-order valence-electron chi connectivity index (χ3n) is 3.58. The van der Waals surface area contributed by atoms with Crippen LogP contribution in [0.25, 0.3) is 0 Å². The zero-order valence-corrected chi connectivity index (χ0v) is 12.7. The Kier molecular flexibility index (Phi) is 6.68. The molecule has 1 atom stereocenters. The van der Waals surface area contributed by atoms with Crippen molar-refractivity contribution in [3.63, 3.8) is 0 Å². The Labute approximate surface area is 129 Å². The summed E-state index contributed by atoms with van der Waals surface area (Å²) in [6, 6.07) is 4.67. The summed E-state index contributed by atoms with van der Waals surface area (Å²) < 4.78 is 0. The Morgan fingerprint density at radius 2 is 2.25 bits per heavy atom. The molecule has 1 aliphatic heterocycles. The molecule has 2 N–H and O–H groups in total. The van der Waals surface area contributed by atoms with Gasteiger partial charge in [0.2, 0.25) is 0 Å². The summed E-state index contributed by atoms with van der Waals surface area (Å²) in [6.07, 6.45) is 2.33. The first-order chi connectivity index (χ1) is 9.10. The average molecular weight is 320 g/mol. The fourth-order valence-electron chi connectivity index (χ4n) is 2.51. The van der Waals surface area contributed by atoms with Crippen LogP contribution in [0, 0.1) is 16.0 Å². The van der Waals surface area contributed by atoms with Gasteiger partial charge in [0.15, 0.2) is 0 Å². The molecule has 7 heteroatoms. The SMILES string of the molecule is Cl.NCC1CCCN(Cc2ccc([N+](=O)[O-])cc2Cl)C1. The first kappa shape index (κ1) is 17.2. The van der Waals surface area contributed by atoms with E-state index in [-0.39, 0.29) is 18.1 Å². The van der Waals surface area contributed by atoms with Gasteiger partial charge in [-0.3, -0.25) is 15.0 Å². The normalized spacial score (nSPS) is 19.4. The second-order valence-corrected chi connectivity index (χ2v) is 5.42. The molecule has 0 amide bonds. The largest absolute Gasteiger partial charge is 0.330 e. The zero-order chi connectivity index (χ0) is 13.8. The molecule has 0 bridgehead atoms. The van der Waals surface area contributed by atoms with E-state index in [1.165, 1.54) is 18.6 Å². The molecule has 1 unspecified atom stereocenters. The number of nitrogens with two attached hydrogens (primary N) is 1. The molecular weight excluding hydrogens is 301 g/mol. The number of nitro groups is 1. The summed E-state index contributed by atoms with van der Waals surface area (Å²) >= 11 is 6.11. The lowest BCUT2D eigenvalue weighted by atomic mass is 9.98. The maximum Gasteiger partial charge on any atom is 0.270 e. The van der Waals surface area contributed by atoms with Gasteiger partial charge in [0.1, 0.15) is 0 Å². The number of non-ortho nitro benzene ring substituents is 1. The van der Waals surface area contributed by atoms with E-state index in [4.69, 9.17) is 17.3 Å². The van der Waals surface area contributed by atoms with Crippen LogP contribution in [0.4, 0.5) is 5.69 Å². The van der Waals surface area contributed by atoms with Crippen LogP contribution in [0.5, 0.6) is 0 Å². The highest BCUT2D eigenvalue weighted by molar-refractivity contribution is 6.31. The highest BCUT2D eigenvalue weighted by Gasteiger charge is 2.20. The molecule has 1 aromatic carbocycles. The molecule has 0 radical (unpaired) electrons. The number of nitrogens with zero attached hydrogens (tertiary/aromatic N) is 2. The molecule has 1 fully saturated rings. The van der Waals surface area contributed by atoms with Gasteiger partial charge in [-0.05, 0) is 43.5 Å². The van der Waals surface area contributed by atoms with Crippen LogP contribution in [0.2, 0.25) is 5.02 Å². The molecular formula is C13H19Cl2N3O2. The molecule has 5 nitrogen and oxygen atoms in total. The molecule has 1 heterocycles. The van der Waals surface area contributed by atoms with E-state index < -0.39 is 4.92 Å². The molecule has 20 heavy (non-hydrogen) atoms. The number of piperidine rings is 1. The van der Waals surface area contributed by atoms with E-state index in [0.717, 1.165) is 31.6 Å². The molecule has 0 saturated carbocycles. The quantitative estimate of drug-likeness (QED) is 0.684. The van der Waals surface area contributed by atoms with Gasteiger partial charge in [-0.25, -0.2) is 0 Å². The van der Waals surface area contributed by atoms with Gasteiger partial charge in [-0.15, -0.1) is 12.4 Å². The second kappa shape index (κ2) is 7.78. The van der Waals surface area contributed by atoms with Crippen LogP contribution in [-0.2, 0) is 6.54 Å². The first-order valence-corrected chi connectivity index (χ1v) is 6.83. The predicted octanol–water partition coefficient (Wildman–Crippen LogP) is 2.84. The summed E-state index contributed by atoms with van der Waals surface area (Å²) in [6.45, 7) is 3.45. The van der Waals surface area contributed by atoms with Crippen molar-refractivity contribution in [3.05, 3.63) is 38.9 Å². The zero-order valence-electron chi connectivity index (χ0n) is 11.1. The average Bonchev–Trinajstić information content (AvgIpc) is 2.41. The summed E-state index contributed by atoms with van der Waals surface area (Å²) in [5.74, 6) is 0.547. The fraction of sp³-hybridized carbons (Fsp3) is 0.538. The van der Waals surface area contributed by atoms with Crippen molar-refractivity contribution in [3.8, 4) is 0 Å². The number of benzene rings is 1. The lowest BCUT2D eigenvalue weighted by Crippen LogP contribution is -2.37. The monoisotopic (exact) mass is 319 g/mol. The minimum atomic E-state index is -0.430. The Bertz CT molecular complexity index is 471. The third-order valence-corrected chi connectivity index (χ3v) is 3.93. The van der Waals surface area contributed by atoms with Crippen molar-refractivity contribution in [2.75, 3.05) is 19.6 Å². The van der Waals surface area contributed by atoms with Crippen LogP contribution in [0.3, 0.4) is 0 Å².